The van der Waals surface area contributed by atoms with Gasteiger partial charge in [0.2, 0.25) is 5.91 Å². The van der Waals surface area contributed by atoms with Crippen molar-refractivity contribution in [2.45, 2.75) is 63.4 Å². The SMILES string of the molecule is Cc1cc(C(F)(F)F)cc(CNC(=O)C2CCC(N3CCC(c4ccc(F)cc4)CC3)CO2)c1O. The molecule has 190 valence electrons. The Morgan fingerprint density at radius 1 is 1.11 bits per heavy atom. The number of nitrogens with one attached hydrogen (secondary N) is 1. The highest BCUT2D eigenvalue weighted by Crippen LogP contribution is 2.35. The molecule has 2 heterocycles. The lowest BCUT2D eigenvalue weighted by molar-refractivity contribution is -0.139. The van der Waals surface area contributed by atoms with Crippen LogP contribution < -0.4 is 5.32 Å². The van der Waals surface area contributed by atoms with Crippen LogP contribution >= 0.6 is 0 Å². The zero-order chi connectivity index (χ0) is 25.2. The summed E-state index contributed by atoms with van der Waals surface area (Å²) in [6.07, 6.45) is -1.95. The highest BCUT2D eigenvalue weighted by molar-refractivity contribution is 5.80. The number of piperidine rings is 1. The van der Waals surface area contributed by atoms with Crippen LogP contribution in [0.1, 0.15) is 53.9 Å². The van der Waals surface area contributed by atoms with Gasteiger partial charge in [0.15, 0.2) is 0 Å². The van der Waals surface area contributed by atoms with Crippen LogP contribution in [0.15, 0.2) is 36.4 Å². The maximum atomic E-state index is 13.2. The first-order chi connectivity index (χ1) is 16.6. The topological polar surface area (TPSA) is 61.8 Å². The van der Waals surface area contributed by atoms with Crippen molar-refractivity contribution in [3.63, 3.8) is 0 Å². The number of likely N-dealkylation sites (tertiary alicyclic amines) is 1. The van der Waals surface area contributed by atoms with Crippen molar-refractivity contribution in [1.82, 2.24) is 10.2 Å². The van der Waals surface area contributed by atoms with Crippen molar-refractivity contribution in [1.29, 1.82) is 0 Å². The number of aryl methyl sites for hydroxylation is 1. The molecule has 9 heteroatoms. The molecule has 2 aliphatic rings. The number of carbonyl (C=O) groups excluding carboxylic acids is 1. The van der Waals surface area contributed by atoms with Crippen LogP contribution in [0, 0.1) is 12.7 Å². The number of alkyl halides is 3. The molecule has 0 radical (unpaired) electrons. The molecule has 0 saturated carbocycles. The summed E-state index contributed by atoms with van der Waals surface area (Å²) in [5.41, 5.74) is 0.411. The zero-order valence-corrected chi connectivity index (χ0v) is 19.6. The maximum absolute atomic E-state index is 13.2. The van der Waals surface area contributed by atoms with Crippen molar-refractivity contribution in [3.8, 4) is 5.75 Å². The zero-order valence-electron chi connectivity index (χ0n) is 19.6. The molecule has 0 bridgehead atoms. The quantitative estimate of drug-likeness (QED) is 0.581. The molecule has 35 heavy (non-hydrogen) atoms. The molecule has 2 N–H and O–H groups in total. The van der Waals surface area contributed by atoms with E-state index in [-0.39, 0.29) is 35.3 Å². The summed E-state index contributed by atoms with van der Waals surface area (Å²) in [5.74, 6) is -0.475. The lowest BCUT2D eigenvalue weighted by Gasteiger charge is -2.40. The van der Waals surface area contributed by atoms with E-state index in [0.717, 1.165) is 50.0 Å². The van der Waals surface area contributed by atoms with Crippen LogP contribution in [0.25, 0.3) is 0 Å². The van der Waals surface area contributed by atoms with E-state index < -0.39 is 23.8 Å². The second-order valence-corrected chi connectivity index (χ2v) is 9.43. The summed E-state index contributed by atoms with van der Waals surface area (Å²) in [4.78, 5) is 14.9. The molecule has 0 spiro atoms. The summed E-state index contributed by atoms with van der Waals surface area (Å²) in [6.45, 7) is 3.40. The normalized spacial score (nSPS) is 22.2. The van der Waals surface area contributed by atoms with E-state index >= 15 is 0 Å². The Bertz CT molecular complexity index is 1030. The number of halogens is 4. The minimum atomic E-state index is -4.54. The predicted molar refractivity (Wildman–Crippen MR) is 122 cm³/mol. The molecule has 2 saturated heterocycles. The molecule has 2 aromatic carbocycles. The number of rotatable bonds is 5. The van der Waals surface area contributed by atoms with Crippen LogP contribution in [-0.4, -0.2) is 47.8 Å². The first-order valence-electron chi connectivity index (χ1n) is 11.9. The second-order valence-electron chi connectivity index (χ2n) is 9.43. The number of amides is 1. The second kappa shape index (κ2) is 10.5. The molecule has 0 aromatic heterocycles. The van der Waals surface area contributed by atoms with Gasteiger partial charge in [-0.15, -0.1) is 0 Å². The summed E-state index contributed by atoms with van der Waals surface area (Å²) < 4.78 is 58.2. The van der Waals surface area contributed by atoms with Gasteiger partial charge in [0.05, 0.1) is 12.2 Å². The van der Waals surface area contributed by atoms with Gasteiger partial charge < -0.3 is 15.2 Å². The summed E-state index contributed by atoms with van der Waals surface area (Å²) in [5, 5.41) is 12.7. The Morgan fingerprint density at radius 3 is 2.40 bits per heavy atom. The Labute approximate surface area is 202 Å². The number of nitrogens with zero attached hydrogens (tertiary/aromatic N) is 1. The number of hydrogen-bond acceptors (Lipinski definition) is 4. The lowest BCUT2D eigenvalue weighted by atomic mass is 9.88. The van der Waals surface area contributed by atoms with Gasteiger partial charge in [-0.3, -0.25) is 9.69 Å². The number of phenolic OH excluding ortho intramolecular Hbond substituents is 1. The molecule has 2 aromatic rings. The Hall–Kier alpha value is -2.65. The fraction of sp³-hybridized carbons (Fsp3) is 0.500. The third kappa shape index (κ3) is 6.13. The highest BCUT2D eigenvalue weighted by atomic mass is 19.4. The maximum Gasteiger partial charge on any atom is 0.416 e. The molecule has 2 unspecified atom stereocenters. The number of hydrogen-bond donors (Lipinski definition) is 2. The van der Waals surface area contributed by atoms with E-state index in [4.69, 9.17) is 4.74 Å². The van der Waals surface area contributed by atoms with Crippen LogP contribution in [0.5, 0.6) is 5.75 Å². The molecule has 0 aliphatic carbocycles. The number of phenols is 1. The molecular weight excluding hydrogens is 464 g/mol. The molecule has 1 amide bonds. The van der Waals surface area contributed by atoms with Crippen molar-refractivity contribution in [3.05, 3.63) is 64.5 Å². The number of benzene rings is 2. The third-order valence-corrected chi connectivity index (χ3v) is 7.09. The van der Waals surface area contributed by atoms with Crippen LogP contribution in [-0.2, 0) is 22.3 Å². The molecular formula is C26H30F4N2O3. The molecule has 2 aliphatic heterocycles. The molecule has 2 fully saturated rings. The first-order valence-corrected chi connectivity index (χ1v) is 11.9. The van der Waals surface area contributed by atoms with Crippen LogP contribution in [0.2, 0.25) is 0 Å². The molecule has 2 atom stereocenters. The Morgan fingerprint density at radius 2 is 1.80 bits per heavy atom. The summed E-state index contributed by atoms with van der Waals surface area (Å²) in [7, 11) is 0. The van der Waals surface area contributed by atoms with E-state index in [2.05, 4.69) is 10.2 Å². The standard InChI is InChI=1S/C26H30F4N2O3/c1-16-12-20(26(28,29)30)13-19(24(16)33)14-31-25(34)23-7-6-22(15-35-23)32-10-8-18(9-11-32)17-2-4-21(27)5-3-17/h2-5,12-13,18,22-23,33H,6-11,14-15H2,1H3,(H,31,34). The predicted octanol–water partition coefficient (Wildman–Crippen LogP) is 4.90. The first kappa shape index (κ1) is 25.4. The van der Waals surface area contributed by atoms with Crippen LogP contribution in [0.3, 0.4) is 0 Å². The van der Waals surface area contributed by atoms with Gasteiger partial charge in [0, 0.05) is 18.2 Å². The van der Waals surface area contributed by atoms with E-state index in [0.29, 0.717) is 18.9 Å². The van der Waals surface area contributed by atoms with Gasteiger partial charge in [-0.25, -0.2) is 4.39 Å². The monoisotopic (exact) mass is 494 g/mol. The van der Waals surface area contributed by atoms with Gasteiger partial charge in [0.25, 0.3) is 0 Å². The number of ether oxygens (including phenoxy) is 1. The fourth-order valence-electron chi connectivity index (χ4n) is 5.01. The van der Waals surface area contributed by atoms with Gasteiger partial charge in [-0.05, 0) is 87.0 Å². The van der Waals surface area contributed by atoms with Gasteiger partial charge in [-0.1, -0.05) is 12.1 Å². The highest BCUT2D eigenvalue weighted by Gasteiger charge is 2.34. The van der Waals surface area contributed by atoms with Crippen molar-refractivity contribution < 1.29 is 32.2 Å². The van der Waals surface area contributed by atoms with Gasteiger partial charge in [-0.2, -0.15) is 13.2 Å². The van der Waals surface area contributed by atoms with Crippen LogP contribution in [0.4, 0.5) is 17.6 Å². The summed E-state index contributed by atoms with van der Waals surface area (Å²) in [6, 6.07) is 8.65. The number of carbonyl (C=O) groups is 1. The van der Waals surface area contributed by atoms with Gasteiger partial charge in [0.1, 0.15) is 17.7 Å². The third-order valence-electron chi connectivity index (χ3n) is 7.09. The van der Waals surface area contributed by atoms with Crippen molar-refractivity contribution in [2.24, 2.45) is 0 Å². The average Bonchev–Trinajstić information content (AvgIpc) is 2.84. The number of aromatic hydroxyl groups is 1. The minimum Gasteiger partial charge on any atom is -0.507 e. The lowest BCUT2D eigenvalue weighted by Crippen LogP contribution is -2.49. The van der Waals surface area contributed by atoms with Crippen molar-refractivity contribution in [2.75, 3.05) is 19.7 Å². The molecule has 4 rings (SSSR count). The minimum absolute atomic E-state index is 0.0170. The van der Waals surface area contributed by atoms with E-state index in [9.17, 15) is 27.5 Å². The van der Waals surface area contributed by atoms with E-state index in [1.807, 2.05) is 12.1 Å². The van der Waals surface area contributed by atoms with Crippen molar-refractivity contribution >= 4 is 5.91 Å². The van der Waals surface area contributed by atoms with E-state index in [1.165, 1.54) is 19.1 Å². The largest absolute Gasteiger partial charge is 0.507 e. The average molecular weight is 495 g/mol. The fourth-order valence-corrected chi connectivity index (χ4v) is 5.01. The molecule has 5 nitrogen and oxygen atoms in total. The Balaban J connectivity index is 1.25. The van der Waals surface area contributed by atoms with E-state index in [1.54, 1.807) is 0 Å². The smallest absolute Gasteiger partial charge is 0.416 e. The van der Waals surface area contributed by atoms with Gasteiger partial charge >= 0.3 is 6.18 Å². The Kier molecular flexibility index (Phi) is 7.66. The summed E-state index contributed by atoms with van der Waals surface area (Å²) >= 11 is 0.